The molecular weight excluding hydrogens is 382 g/mol. The Balaban J connectivity index is 2.10. The molecule has 7 nitrogen and oxygen atoms in total. The van der Waals surface area contributed by atoms with Crippen molar-refractivity contribution in [3.63, 3.8) is 0 Å². The van der Waals surface area contributed by atoms with Gasteiger partial charge in [-0.3, -0.25) is 9.69 Å². The monoisotopic (exact) mass is 403 g/mol. The maximum Gasteiger partial charge on any atom is 0.238 e. The molecule has 0 spiro atoms. The minimum atomic E-state index is -0.263. The zero-order chi connectivity index (χ0) is 20.7. The first-order valence-corrected chi connectivity index (χ1v) is 8.77. The van der Waals surface area contributed by atoms with Crippen molar-refractivity contribution >= 4 is 23.2 Å². The van der Waals surface area contributed by atoms with Crippen molar-refractivity contribution < 1.29 is 19.0 Å². The van der Waals surface area contributed by atoms with Crippen LogP contribution in [0.2, 0.25) is 5.02 Å². The maximum atomic E-state index is 12.4. The lowest BCUT2D eigenvalue weighted by Crippen LogP contribution is -2.30. The number of carbonyl (C=O) groups is 1. The number of nitrogens with one attached hydrogen (secondary N) is 1. The fourth-order valence-electron chi connectivity index (χ4n) is 2.79. The number of benzene rings is 2. The van der Waals surface area contributed by atoms with Gasteiger partial charge in [0.2, 0.25) is 11.7 Å². The zero-order valence-electron chi connectivity index (χ0n) is 16.2. The number of hydrogen-bond donors (Lipinski definition) is 1. The van der Waals surface area contributed by atoms with Gasteiger partial charge < -0.3 is 19.5 Å². The SMILES string of the molecule is COc1ccc(CN(C)CC(=O)Nc2cc(Cl)ccc2C#N)c(OC)c1OC. The lowest BCUT2D eigenvalue weighted by atomic mass is 10.1. The molecule has 0 radical (unpaired) electrons. The van der Waals surface area contributed by atoms with Crippen LogP contribution in [0.4, 0.5) is 5.69 Å². The molecule has 0 fully saturated rings. The third-order valence-electron chi connectivity index (χ3n) is 4.02. The topological polar surface area (TPSA) is 83.8 Å². The molecule has 28 heavy (non-hydrogen) atoms. The predicted octanol–water partition coefficient (Wildman–Crippen LogP) is 3.31. The highest BCUT2D eigenvalue weighted by Gasteiger charge is 2.18. The highest BCUT2D eigenvalue weighted by atomic mass is 35.5. The molecule has 0 heterocycles. The number of nitrogens with zero attached hydrogens (tertiary/aromatic N) is 2. The molecule has 0 bridgehead atoms. The fourth-order valence-corrected chi connectivity index (χ4v) is 2.96. The minimum absolute atomic E-state index is 0.106. The van der Waals surface area contributed by atoms with Crippen LogP contribution >= 0.6 is 11.6 Å². The number of likely N-dealkylation sites (N-methyl/N-ethyl adjacent to an activating group) is 1. The van der Waals surface area contributed by atoms with Crippen LogP contribution in [0.3, 0.4) is 0 Å². The van der Waals surface area contributed by atoms with Gasteiger partial charge in [-0.25, -0.2) is 0 Å². The van der Waals surface area contributed by atoms with E-state index in [9.17, 15) is 4.79 Å². The molecule has 2 aromatic rings. The summed E-state index contributed by atoms with van der Waals surface area (Å²) in [5.41, 5.74) is 1.58. The number of carbonyl (C=O) groups excluding carboxylic acids is 1. The van der Waals surface area contributed by atoms with Gasteiger partial charge in [0.05, 0.1) is 39.1 Å². The lowest BCUT2D eigenvalue weighted by Gasteiger charge is -2.20. The molecule has 8 heteroatoms. The summed E-state index contributed by atoms with van der Waals surface area (Å²) in [4.78, 5) is 14.2. The second kappa shape index (κ2) is 9.83. The molecule has 0 unspecified atom stereocenters. The van der Waals surface area contributed by atoms with Gasteiger partial charge in [0.1, 0.15) is 6.07 Å². The first-order valence-electron chi connectivity index (χ1n) is 8.39. The van der Waals surface area contributed by atoms with Crippen LogP contribution in [0.5, 0.6) is 17.2 Å². The Labute approximate surface area is 169 Å². The van der Waals surface area contributed by atoms with Crippen LogP contribution in [-0.4, -0.2) is 45.7 Å². The predicted molar refractivity (Wildman–Crippen MR) is 107 cm³/mol. The molecule has 2 rings (SSSR count). The molecular formula is C20H22ClN3O4. The van der Waals surface area contributed by atoms with Gasteiger partial charge in [-0.05, 0) is 31.3 Å². The number of nitriles is 1. The summed E-state index contributed by atoms with van der Waals surface area (Å²) in [6.45, 7) is 0.548. The zero-order valence-corrected chi connectivity index (χ0v) is 17.0. The molecule has 1 N–H and O–H groups in total. The van der Waals surface area contributed by atoms with E-state index < -0.39 is 0 Å². The normalized spacial score (nSPS) is 10.3. The van der Waals surface area contributed by atoms with E-state index in [1.54, 1.807) is 52.6 Å². The number of ether oxygens (including phenoxy) is 3. The molecule has 0 aliphatic heterocycles. The van der Waals surface area contributed by atoms with Crippen LogP contribution in [0.1, 0.15) is 11.1 Å². The number of rotatable bonds is 8. The van der Waals surface area contributed by atoms with Crippen molar-refractivity contribution in [3.05, 3.63) is 46.5 Å². The molecule has 0 atom stereocenters. The molecule has 0 saturated carbocycles. The quantitative estimate of drug-likeness (QED) is 0.728. The molecule has 0 aliphatic carbocycles. The van der Waals surface area contributed by atoms with E-state index in [1.165, 1.54) is 0 Å². The second-order valence-electron chi connectivity index (χ2n) is 6.02. The Hall–Kier alpha value is -2.95. The summed E-state index contributed by atoms with van der Waals surface area (Å²) < 4.78 is 16.1. The first kappa shape index (κ1) is 21.4. The highest BCUT2D eigenvalue weighted by Crippen LogP contribution is 2.40. The Bertz CT molecular complexity index is 896. The van der Waals surface area contributed by atoms with Gasteiger partial charge in [0, 0.05) is 17.1 Å². The average molecular weight is 404 g/mol. The van der Waals surface area contributed by atoms with Crippen LogP contribution in [-0.2, 0) is 11.3 Å². The van der Waals surface area contributed by atoms with Crippen LogP contribution < -0.4 is 19.5 Å². The van der Waals surface area contributed by atoms with Crippen molar-refractivity contribution in [1.29, 1.82) is 5.26 Å². The fraction of sp³-hybridized carbons (Fsp3) is 0.300. The molecule has 0 saturated heterocycles. The van der Waals surface area contributed by atoms with E-state index in [1.807, 2.05) is 17.0 Å². The van der Waals surface area contributed by atoms with Gasteiger partial charge in [0.25, 0.3) is 0 Å². The van der Waals surface area contributed by atoms with Gasteiger partial charge in [0.15, 0.2) is 11.5 Å². The standard InChI is InChI=1S/C20H22ClN3O4/c1-24(11-14-6-8-17(26-2)20(28-4)19(14)27-3)12-18(25)23-16-9-15(21)7-5-13(16)10-22/h5-9H,11-12H2,1-4H3,(H,23,25). The molecule has 0 aliphatic rings. The van der Waals surface area contributed by atoms with Gasteiger partial charge >= 0.3 is 0 Å². The Morgan fingerprint density at radius 2 is 1.86 bits per heavy atom. The summed E-state index contributed by atoms with van der Waals surface area (Å²) in [5.74, 6) is 1.35. The Morgan fingerprint density at radius 3 is 2.46 bits per heavy atom. The second-order valence-corrected chi connectivity index (χ2v) is 6.45. The highest BCUT2D eigenvalue weighted by molar-refractivity contribution is 6.31. The van der Waals surface area contributed by atoms with Crippen molar-refractivity contribution in [2.45, 2.75) is 6.54 Å². The minimum Gasteiger partial charge on any atom is -0.493 e. The number of anilines is 1. The average Bonchev–Trinajstić information content (AvgIpc) is 2.67. The van der Waals surface area contributed by atoms with Crippen LogP contribution in [0.15, 0.2) is 30.3 Å². The third kappa shape index (κ3) is 5.06. The van der Waals surface area contributed by atoms with Crippen molar-refractivity contribution in [2.24, 2.45) is 0 Å². The summed E-state index contributed by atoms with van der Waals surface area (Å²) in [7, 11) is 6.45. The van der Waals surface area contributed by atoms with Gasteiger partial charge in [-0.2, -0.15) is 5.26 Å². The summed E-state index contributed by atoms with van der Waals surface area (Å²) >= 11 is 5.95. The third-order valence-corrected chi connectivity index (χ3v) is 4.25. The van der Waals surface area contributed by atoms with Crippen LogP contribution in [0.25, 0.3) is 0 Å². The van der Waals surface area contributed by atoms with Crippen molar-refractivity contribution in [2.75, 3.05) is 40.2 Å². The number of hydrogen-bond acceptors (Lipinski definition) is 6. The summed E-state index contributed by atoms with van der Waals surface area (Å²) in [5, 5.41) is 12.3. The summed E-state index contributed by atoms with van der Waals surface area (Å²) in [6.07, 6.45) is 0. The van der Waals surface area contributed by atoms with Gasteiger partial charge in [-0.15, -0.1) is 0 Å². The molecule has 1 amide bonds. The van der Waals surface area contributed by atoms with Crippen molar-refractivity contribution in [1.82, 2.24) is 4.90 Å². The van der Waals surface area contributed by atoms with E-state index in [0.717, 1.165) is 5.56 Å². The number of methoxy groups -OCH3 is 3. The number of amides is 1. The smallest absolute Gasteiger partial charge is 0.238 e. The summed E-state index contributed by atoms with van der Waals surface area (Å²) in [6, 6.07) is 10.4. The van der Waals surface area contributed by atoms with E-state index in [4.69, 9.17) is 31.1 Å². The lowest BCUT2D eigenvalue weighted by molar-refractivity contribution is -0.117. The Morgan fingerprint density at radius 1 is 1.14 bits per heavy atom. The molecule has 148 valence electrons. The van der Waals surface area contributed by atoms with E-state index in [2.05, 4.69) is 5.32 Å². The van der Waals surface area contributed by atoms with Crippen LogP contribution in [0, 0.1) is 11.3 Å². The van der Waals surface area contributed by atoms with E-state index in [0.29, 0.717) is 40.1 Å². The largest absolute Gasteiger partial charge is 0.493 e. The van der Waals surface area contributed by atoms with E-state index >= 15 is 0 Å². The van der Waals surface area contributed by atoms with Gasteiger partial charge in [-0.1, -0.05) is 17.7 Å². The van der Waals surface area contributed by atoms with Crippen molar-refractivity contribution in [3.8, 4) is 23.3 Å². The Kier molecular flexibility index (Phi) is 7.50. The molecule has 0 aromatic heterocycles. The maximum absolute atomic E-state index is 12.4. The first-order chi connectivity index (χ1) is 13.4. The number of halogens is 1. The molecule has 2 aromatic carbocycles. The van der Waals surface area contributed by atoms with E-state index in [-0.39, 0.29) is 12.5 Å².